The molecule has 2 aromatic carbocycles. The molecule has 0 saturated carbocycles. The number of nitrogens with zero attached hydrogens (tertiary/aromatic N) is 1. The van der Waals surface area contributed by atoms with Gasteiger partial charge in [0.25, 0.3) is 0 Å². The molecule has 2 rings (SSSR count). The molecule has 2 aromatic rings. The highest BCUT2D eigenvalue weighted by Crippen LogP contribution is 2.18. The Morgan fingerprint density at radius 1 is 1.00 bits per heavy atom. The van der Waals surface area contributed by atoms with Crippen LogP contribution in [0.3, 0.4) is 0 Å². The van der Waals surface area contributed by atoms with Crippen LogP contribution in [0.2, 0.25) is 0 Å². The van der Waals surface area contributed by atoms with Crippen LogP contribution in [-0.2, 0) is 0 Å². The lowest BCUT2D eigenvalue weighted by Crippen LogP contribution is -2.01. The van der Waals surface area contributed by atoms with Gasteiger partial charge in [-0.1, -0.05) is 59.6 Å². The van der Waals surface area contributed by atoms with Gasteiger partial charge in [0, 0.05) is 11.1 Å². The Balaban J connectivity index is 2.47. The first-order valence-corrected chi connectivity index (χ1v) is 6.62. The Labute approximate surface area is 119 Å². The SMILES string of the molecule is CC(=CCl)C(=Nc1ccc(C)cc1)c1ccccc1. The van der Waals surface area contributed by atoms with Gasteiger partial charge in [0.1, 0.15) is 0 Å². The third-order valence-corrected chi connectivity index (χ3v) is 3.19. The normalized spacial score (nSPS) is 12.6. The topological polar surface area (TPSA) is 12.4 Å². The van der Waals surface area contributed by atoms with Crippen molar-refractivity contribution in [3.63, 3.8) is 0 Å². The van der Waals surface area contributed by atoms with E-state index in [9.17, 15) is 0 Å². The molecule has 2 heteroatoms. The largest absolute Gasteiger partial charge is 0.248 e. The Morgan fingerprint density at radius 2 is 1.63 bits per heavy atom. The van der Waals surface area contributed by atoms with E-state index in [0.29, 0.717) is 0 Å². The number of aryl methyl sites for hydroxylation is 1. The van der Waals surface area contributed by atoms with Crippen molar-refractivity contribution in [2.45, 2.75) is 13.8 Å². The van der Waals surface area contributed by atoms with Gasteiger partial charge in [0.15, 0.2) is 0 Å². The minimum Gasteiger partial charge on any atom is -0.248 e. The monoisotopic (exact) mass is 269 g/mol. The number of hydrogen-bond donors (Lipinski definition) is 0. The summed E-state index contributed by atoms with van der Waals surface area (Å²) in [7, 11) is 0. The standard InChI is InChI=1S/C17H16ClN/c1-13-8-10-16(11-9-13)19-17(14(2)12-18)15-6-4-3-5-7-15/h3-12H,1-2H3. The zero-order chi connectivity index (χ0) is 13.7. The van der Waals surface area contributed by atoms with Crippen molar-refractivity contribution >= 4 is 23.0 Å². The zero-order valence-corrected chi connectivity index (χ0v) is 11.9. The van der Waals surface area contributed by atoms with E-state index in [-0.39, 0.29) is 0 Å². The van der Waals surface area contributed by atoms with Crippen molar-refractivity contribution in [3.8, 4) is 0 Å². The number of benzene rings is 2. The van der Waals surface area contributed by atoms with Crippen LogP contribution in [0.25, 0.3) is 0 Å². The summed E-state index contributed by atoms with van der Waals surface area (Å²) in [4.78, 5) is 4.70. The molecule has 19 heavy (non-hydrogen) atoms. The summed E-state index contributed by atoms with van der Waals surface area (Å²) < 4.78 is 0. The summed E-state index contributed by atoms with van der Waals surface area (Å²) in [5.41, 5.74) is 6.65. The molecule has 0 radical (unpaired) electrons. The predicted molar refractivity (Wildman–Crippen MR) is 83.4 cm³/mol. The van der Waals surface area contributed by atoms with Gasteiger partial charge < -0.3 is 0 Å². The van der Waals surface area contributed by atoms with E-state index in [1.807, 2.05) is 49.4 Å². The Kier molecular flexibility index (Phi) is 4.53. The van der Waals surface area contributed by atoms with Gasteiger partial charge in [-0.25, -0.2) is 4.99 Å². The molecule has 0 aliphatic carbocycles. The van der Waals surface area contributed by atoms with E-state index in [4.69, 9.17) is 16.6 Å². The Hall–Kier alpha value is -1.86. The van der Waals surface area contributed by atoms with Crippen LogP contribution in [0.1, 0.15) is 18.1 Å². The van der Waals surface area contributed by atoms with Crippen LogP contribution in [-0.4, -0.2) is 5.71 Å². The molecule has 0 heterocycles. The van der Waals surface area contributed by atoms with Gasteiger partial charge >= 0.3 is 0 Å². The molecule has 96 valence electrons. The minimum atomic E-state index is 0.902. The second kappa shape index (κ2) is 6.35. The molecule has 0 amide bonds. The highest BCUT2D eigenvalue weighted by Gasteiger charge is 2.05. The van der Waals surface area contributed by atoms with Crippen LogP contribution >= 0.6 is 11.6 Å². The fourth-order valence-corrected chi connectivity index (χ4v) is 1.88. The molecule has 0 saturated heterocycles. The Bertz CT molecular complexity index is 595. The lowest BCUT2D eigenvalue weighted by Gasteiger charge is -2.07. The van der Waals surface area contributed by atoms with Crippen LogP contribution in [0.4, 0.5) is 5.69 Å². The van der Waals surface area contributed by atoms with Crippen molar-refractivity contribution in [2.75, 3.05) is 0 Å². The number of allylic oxidation sites excluding steroid dienone is 1. The van der Waals surface area contributed by atoms with Crippen molar-refractivity contribution < 1.29 is 0 Å². The van der Waals surface area contributed by atoms with Crippen molar-refractivity contribution in [1.82, 2.24) is 0 Å². The van der Waals surface area contributed by atoms with Crippen molar-refractivity contribution in [1.29, 1.82) is 0 Å². The average molecular weight is 270 g/mol. The maximum atomic E-state index is 5.85. The van der Waals surface area contributed by atoms with Crippen LogP contribution < -0.4 is 0 Å². The van der Waals surface area contributed by atoms with Gasteiger partial charge in [0.05, 0.1) is 11.4 Å². The van der Waals surface area contributed by atoms with E-state index in [1.54, 1.807) is 5.54 Å². The molecule has 0 aliphatic heterocycles. The molecular weight excluding hydrogens is 254 g/mol. The van der Waals surface area contributed by atoms with E-state index in [0.717, 1.165) is 22.5 Å². The molecular formula is C17H16ClN. The fourth-order valence-electron chi connectivity index (χ4n) is 1.78. The first-order chi connectivity index (χ1) is 9.20. The zero-order valence-electron chi connectivity index (χ0n) is 11.1. The average Bonchev–Trinajstić information content (AvgIpc) is 2.47. The van der Waals surface area contributed by atoms with Gasteiger partial charge in [0.2, 0.25) is 0 Å². The van der Waals surface area contributed by atoms with Crippen LogP contribution in [0, 0.1) is 6.92 Å². The summed E-state index contributed by atoms with van der Waals surface area (Å²) >= 11 is 5.85. The Morgan fingerprint density at radius 3 is 2.21 bits per heavy atom. The van der Waals surface area contributed by atoms with Gasteiger partial charge in [-0.15, -0.1) is 0 Å². The van der Waals surface area contributed by atoms with E-state index < -0.39 is 0 Å². The number of rotatable bonds is 3. The lowest BCUT2D eigenvalue weighted by molar-refractivity contribution is 1.41. The smallest absolute Gasteiger partial charge is 0.0747 e. The first-order valence-electron chi connectivity index (χ1n) is 6.19. The van der Waals surface area contributed by atoms with E-state index >= 15 is 0 Å². The molecule has 0 aliphatic rings. The summed E-state index contributed by atoms with van der Waals surface area (Å²) in [6, 6.07) is 18.2. The van der Waals surface area contributed by atoms with Gasteiger partial charge in [-0.05, 0) is 31.6 Å². The van der Waals surface area contributed by atoms with E-state index in [2.05, 4.69) is 19.1 Å². The summed E-state index contributed by atoms with van der Waals surface area (Å²) in [6.45, 7) is 4.03. The van der Waals surface area contributed by atoms with Gasteiger partial charge in [-0.3, -0.25) is 0 Å². The predicted octanol–water partition coefficient (Wildman–Crippen LogP) is 5.26. The van der Waals surface area contributed by atoms with Gasteiger partial charge in [-0.2, -0.15) is 0 Å². The number of aliphatic imine (C=N–C) groups is 1. The molecule has 0 atom stereocenters. The summed E-state index contributed by atoms with van der Waals surface area (Å²) in [6.07, 6.45) is 0. The fraction of sp³-hybridized carbons (Fsp3) is 0.118. The van der Waals surface area contributed by atoms with Crippen molar-refractivity contribution in [3.05, 3.63) is 76.8 Å². The molecule has 0 bridgehead atoms. The van der Waals surface area contributed by atoms with Crippen LogP contribution in [0.5, 0.6) is 0 Å². The molecule has 0 aromatic heterocycles. The molecule has 0 unspecified atom stereocenters. The second-order valence-corrected chi connectivity index (χ2v) is 4.67. The summed E-state index contributed by atoms with van der Waals surface area (Å²) in [5.74, 6) is 0. The maximum Gasteiger partial charge on any atom is 0.0747 e. The quantitative estimate of drug-likeness (QED) is 0.674. The molecule has 0 N–H and O–H groups in total. The second-order valence-electron chi connectivity index (χ2n) is 4.45. The number of hydrogen-bond acceptors (Lipinski definition) is 1. The van der Waals surface area contributed by atoms with Crippen LogP contribution in [0.15, 0.2) is 70.7 Å². The number of halogens is 1. The van der Waals surface area contributed by atoms with Crippen molar-refractivity contribution in [2.24, 2.45) is 4.99 Å². The summed E-state index contributed by atoms with van der Waals surface area (Å²) in [5, 5.41) is 0. The third kappa shape index (κ3) is 3.55. The third-order valence-electron chi connectivity index (χ3n) is 2.86. The molecule has 1 nitrogen and oxygen atoms in total. The lowest BCUT2D eigenvalue weighted by atomic mass is 10.0. The highest BCUT2D eigenvalue weighted by molar-refractivity contribution is 6.29. The van der Waals surface area contributed by atoms with E-state index in [1.165, 1.54) is 5.56 Å². The first kappa shape index (κ1) is 13.6. The highest BCUT2D eigenvalue weighted by atomic mass is 35.5. The molecule has 0 fully saturated rings. The molecule has 0 spiro atoms. The maximum absolute atomic E-state index is 5.85. The minimum absolute atomic E-state index is 0.902.